The number of nitrogens with zero attached hydrogens (tertiary/aromatic N) is 3. The van der Waals surface area contributed by atoms with Crippen LogP contribution in [0.3, 0.4) is 0 Å². The Morgan fingerprint density at radius 1 is 1.37 bits per heavy atom. The van der Waals surface area contributed by atoms with Crippen molar-refractivity contribution in [2.75, 3.05) is 4.72 Å². The molecule has 19 heavy (non-hydrogen) atoms. The van der Waals surface area contributed by atoms with Gasteiger partial charge in [-0.05, 0) is 24.6 Å². The molecule has 0 amide bonds. The standard InChI is InChI=1S/C12H12N4O2S/c1-9-4-3-5-11(10(9)8-13)15-19(17,18)12-6-7-14-16(12)2/h3-7,15H,1-2H3. The third-order valence-corrected chi connectivity index (χ3v) is 4.12. The Morgan fingerprint density at radius 3 is 2.68 bits per heavy atom. The summed E-state index contributed by atoms with van der Waals surface area (Å²) in [7, 11) is -2.21. The summed E-state index contributed by atoms with van der Waals surface area (Å²) in [4.78, 5) is 0. The smallest absolute Gasteiger partial charge is 0.277 e. The summed E-state index contributed by atoms with van der Waals surface area (Å²) in [6.07, 6.45) is 1.40. The van der Waals surface area contributed by atoms with Gasteiger partial charge in [-0.1, -0.05) is 12.1 Å². The van der Waals surface area contributed by atoms with E-state index in [9.17, 15) is 8.42 Å². The van der Waals surface area contributed by atoms with Crippen molar-refractivity contribution in [3.63, 3.8) is 0 Å². The molecule has 6 nitrogen and oxygen atoms in total. The van der Waals surface area contributed by atoms with Gasteiger partial charge in [-0.15, -0.1) is 0 Å². The zero-order valence-electron chi connectivity index (χ0n) is 10.5. The van der Waals surface area contributed by atoms with E-state index in [0.717, 1.165) is 0 Å². The molecule has 0 radical (unpaired) electrons. The van der Waals surface area contributed by atoms with Gasteiger partial charge < -0.3 is 0 Å². The summed E-state index contributed by atoms with van der Waals surface area (Å²) in [6.45, 7) is 1.75. The SMILES string of the molecule is Cc1cccc(NS(=O)(=O)c2ccnn2C)c1C#N. The number of nitriles is 1. The maximum absolute atomic E-state index is 12.2. The lowest BCUT2D eigenvalue weighted by Crippen LogP contribution is -2.17. The van der Waals surface area contributed by atoms with Crippen LogP contribution in [0.15, 0.2) is 35.5 Å². The average molecular weight is 276 g/mol. The van der Waals surface area contributed by atoms with Gasteiger partial charge in [0.25, 0.3) is 10.0 Å². The predicted octanol–water partition coefficient (Wildman–Crippen LogP) is 1.40. The summed E-state index contributed by atoms with van der Waals surface area (Å²) in [5.74, 6) is 0. The molecule has 1 heterocycles. The molecule has 0 aliphatic carbocycles. The average Bonchev–Trinajstić information content (AvgIpc) is 2.76. The second kappa shape index (κ2) is 4.74. The van der Waals surface area contributed by atoms with Crippen molar-refractivity contribution in [1.82, 2.24) is 9.78 Å². The molecule has 0 aliphatic heterocycles. The zero-order valence-corrected chi connectivity index (χ0v) is 11.3. The fraction of sp³-hybridized carbons (Fsp3) is 0.167. The summed E-state index contributed by atoms with van der Waals surface area (Å²) in [5, 5.41) is 12.9. The van der Waals surface area contributed by atoms with Crippen molar-refractivity contribution in [1.29, 1.82) is 5.26 Å². The van der Waals surface area contributed by atoms with Gasteiger partial charge in [-0.3, -0.25) is 9.40 Å². The Labute approximate surface area is 111 Å². The molecule has 0 atom stereocenters. The van der Waals surface area contributed by atoms with Gasteiger partial charge in [0.15, 0.2) is 5.03 Å². The van der Waals surface area contributed by atoms with Crippen LogP contribution in [0, 0.1) is 18.3 Å². The normalized spacial score (nSPS) is 11.0. The lowest BCUT2D eigenvalue weighted by molar-refractivity contribution is 0.582. The molecule has 0 saturated carbocycles. The van der Waals surface area contributed by atoms with E-state index in [4.69, 9.17) is 5.26 Å². The fourth-order valence-corrected chi connectivity index (χ4v) is 2.92. The highest BCUT2D eigenvalue weighted by atomic mass is 32.2. The fourth-order valence-electron chi connectivity index (χ4n) is 1.72. The van der Waals surface area contributed by atoms with E-state index >= 15 is 0 Å². The lowest BCUT2D eigenvalue weighted by Gasteiger charge is -2.10. The minimum Gasteiger partial charge on any atom is -0.277 e. The van der Waals surface area contributed by atoms with Gasteiger partial charge in [0.05, 0.1) is 17.4 Å². The molecule has 0 fully saturated rings. The monoisotopic (exact) mass is 276 g/mol. The highest BCUT2D eigenvalue weighted by Gasteiger charge is 2.19. The molecule has 0 aliphatic rings. The van der Waals surface area contributed by atoms with E-state index in [2.05, 4.69) is 9.82 Å². The van der Waals surface area contributed by atoms with Gasteiger partial charge >= 0.3 is 0 Å². The first-order chi connectivity index (χ1) is 8.95. The number of rotatable bonds is 3. The number of hydrogen-bond donors (Lipinski definition) is 1. The second-order valence-corrected chi connectivity index (χ2v) is 5.64. The van der Waals surface area contributed by atoms with Crippen molar-refractivity contribution in [2.45, 2.75) is 11.9 Å². The number of benzene rings is 1. The first kappa shape index (κ1) is 13.1. The Balaban J connectivity index is 2.46. The van der Waals surface area contributed by atoms with Crippen molar-refractivity contribution in [2.24, 2.45) is 7.05 Å². The zero-order chi connectivity index (χ0) is 14.0. The van der Waals surface area contributed by atoms with Crippen LogP contribution in [0.5, 0.6) is 0 Å². The predicted molar refractivity (Wildman–Crippen MR) is 69.9 cm³/mol. The highest BCUT2D eigenvalue weighted by molar-refractivity contribution is 7.92. The number of aromatic nitrogens is 2. The van der Waals surface area contributed by atoms with Gasteiger partial charge in [-0.25, -0.2) is 0 Å². The summed E-state index contributed by atoms with van der Waals surface area (Å²) < 4.78 is 28.0. The molecule has 0 spiro atoms. The van der Waals surface area contributed by atoms with Crippen LogP contribution in [0.4, 0.5) is 5.69 Å². The van der Waals surface area contributed by atoms with E-state index in [1.54, 1.807) is 25.1 Å². The van der Waals surface area contributed by atoms with Gasteiger partial charge in [0.1, 0.15) is 6.07 Å². The van der Waals surface area contributed by atoms with Crippen LogP contribution in [-0.2, 0) is 17.1 Å². The van der Waals surface area contributed by atoms with Crippen molar-refractivity contribution in [3.05, 3.63) is 41.6 Å². The molecule has 0 bridgehead atoms. The molecule has 0 unspecified atom stereocenters. The van der Waals surface area contributed by atoms with Crippen molar-refractivity contribution >= 4 is 15.7 Å². The minimum atomic E-state index is -3.75. The molecule has 1 N–H and O–H groups in total. The Hall–Kier alpha value is -2.33. The molecular weight excluding hydrogens is 264 g/mol. The largest absolute Gasteiger partial charge is 0.279 e. The Kier molecular flexibility index (Phi) is 3.27. The highest BCUT2D eigenvalue weighted by Crippen LogP contribution is 2.21. The topological polar surface area (TPSA) is 87.8 Å². The molecular formula is C12H12N4O2S. The molecule has 7 heteroatoms. The number of hydrogen-bond acceptors (Lipinski definition) is 4. The lowest BCUT2D eigenvalue weighted by atomic mass is 10.1. The summed E-state index contributed by atoms with van der Waals surface area (Å²) >= 11 is 0. The van der Waals surface area contributed by atoms with Gasteiger partial charge in [-0.2, -0.15) is 18.8 Å². The van der Waals surface area contributed by atoms with Gasteiger partial charge in [0.2, 0.25) is 0 Å². The molecule has 2 aromatic rings. The molecule has 2 rings (SSSR count). The van der Waals surface area contributed by atoms with E-state index < -0.39 is 10.0 Å². The molecule has 1 aromatic carbocycles. The second-order valence-electron chi connectivity index (χ2n) is 4.01. The van der Waals surface area contributed by atoms with Crippen molar-refractivity contribution in [3.8, 4) is 6.07 Å². The summed E-state index contributed by atoms with van der Waals surface area (Å²) in [5.41, 5.74) is 1.30. The maximum atomic E-state index is 12.2. The van der Waals surface area contributed by atoms with E-state index in [0.29, 0.717) is 11.1 Å². The number of sulfonamides is 1. The van der Waals surface area contributed by atoms with Crippen molar-refractivity contribution < 1.29 is 8.42 Å². The molecule has 98 valence electrons. The molecule has 0 saturated heterocycles. The van der Waals surface area contributed by atoms with E-state index in [-0.39, 0.29) is 10.7 Å². The van der Waals surface area contributed by atoms with Crippen LogP contribution >= 0.6 is 0 Å². The number of aryl methyl sites for hydroxylation is 2. The quantitative estimate of drug-likeness (QED) is 0.917. The van der Waals surface area contributed by atoms with E-state index in [1.165, 1.54) is 24.0 Å². The Bertz CT molecular complexity index is 756. The first-order valence-electron chi connectivity index (χ1n) is 5.46. The van der Waals surface area contributed by atoms with E-state index in [1.807, 2.05) is 6.07 Å². The number of nitrogens with one attached hydrogen (secondary N) is 1. The van der Waals surface area contributed by atoms with Crippen LogP contribution in [0.1, 0.15) is 11.1 Å². The van der Waals surface area contributed by atoms with Crippen LogP contribution < -0.4 is 4.72 Å². The van der Waals surface area contributed by atoms with Crippen LogP contribution in [0.2, 0.25) is 0 Å². The third-order valence-electron chi connectivity index (χ3n) is 2.68. The minimum absolute atomic E-state index is 0.0397. The molecule has 1 aromatic heterocycles. The van der Waals surface area contributed by atoms with Gasteiger partial charge in [0, 0.05) is 7.05 Å². The first-order valence-corrected chi connectivity index (χ1v) is 6.94. The van der Waals surface area contributed by atoms with Crippen LogP contribution in [-0.4, -0.2) is 18.2 Å². The Morgan fingerprint density at radius 2 is 2.11 bits per heavy atom. The maximum Gasteiger partial charge on any atom is 0.279 e. The van der Waals surface area contributed by atoms with Crippen LogP contribution in [0.25, 0.3) is 0 Å². The third kappa shape index (κ3) is 2.44. The summed E-state index contributed by atoms with van der Waals surface area (Å²) in [6, 6.07) is 8.39. The number of anilines is 1.